The molecule has 3 aromatic rings. The Morgan fingerprint density at radius 1 is 1.17 bits per heavy atom. The van der Waals surface area contributed by atoms with Crippen LogP contribution in [-0.2, 0) is 6.42 Å². The number of hydrogen-bond donors (Lipinski definition) is 1. The summed E-state index contributed by atoms with van der Waals surface area (Å²) in [7, 11) is 1.84. The summed E-state index contributed by atoms with van der Waals surface area (Å²) in [4.78, 5) is 14.7. The van der Waals surface area contributed by atoms with Crippen LogP contribution in [-0.4, -0.2) is 52.5 Å². The van der Waals surface area contributed by atoms with E-state index >= 15 is 0 Å². The summed E-state index contributed by atoms with van der Waals surface area (Å²) >= 11 is 0. The molecule has 1 amide bonds. The molecule has 29 heavy (non-hydrogen) atoms. The minimum atomic E-state index is -0.0575. The van der Waals surface area contributed by atoms with Crippen LogP contribution in [0.4, 0.5) is 0 Å². The van der Waals surface area contributed by atoms with Gasteiger partial charge in [-0.1, -0.05) is 47.7 Å². The summed E-state index contributed by atoms with van der Waals surface area (Å²) in [5.74, 6) is -0.0575. The van der Waals surface area contributed by atoms with Gasteiger partial charge >= 0.3 is 0 Å². The van der Waals surface area contributed by atoms with Crippen LogP contribution < -0.4 is 5.32 Å². The molecule has 1 saturated heterocycles. The molecule has 0 bridgehead atoms. The standard InChI is InChI=1S/C22H27N5O.ClH/c1-16-21(24-25-27(16)19-10-13-23-14-11-19)22(28)26(2)15-12-18-8-5-7-17-6-3-4-9-20(17)18;/h3-9,19,23H,10-15H2,1-2H3;1H. The van der Waals surface area contributed by atoms with Crippen molar-refractivity contribution in [3.05, 3.63) is 59.4 Å². The van der Waals surface area contributed by atoms with Crippen LogP contribution in [0.2, 0.25) is 0 Å². The summed E-state index contributed by atoms with van der Waals surface area (Å²) in [6.45, 7) is 4.57. The van der Waals surface area contributed by atoms with Crippen molar-refractivity contribution in [3.8, 4) is 0 Å². The molecule has 2 aromatic carbocycles. The van der Waals surface area contributed by atoms with E-state index in [1.54, 1.807) is 4.90 Å². The van der Waals surface area contributed by atoms with Gasteiger partial charge in [-0.15, -0.1) is 17.5 Å². The Bertz CT molecular complexity index is 975. The number of aromatic nitrogens is 3. The Morgan fingerprint density at radius 2 is 1.90 bits per heavy atom. The lowest BCUT2D eigenvalue weighted by Gasteiger charge is -2.23. The minimum absolute atomic E-state index is 0. The molecule has 0 atom stereocenters. The van der Waals surface area contributed by atoms with Gasteiger partial charge in [-0.25, -0.2) is 4.68 Å². The van der Waals surface area contributed by atoms with Crippen LogP contribution in [0, 0.1) is 6.92 Å². The van der Waals surface area contributed by atoms with E-state index in [0.717, 1.165) is 38.0 Å². The van der Waals surface area contributed by atoms with E-state index in [2.05, 4.69) is 58.1 Å². The highest BCUT2D eigenvalue weighted by Gasteiger charge is 2.24. The van der Waals surface area contributed by atoms with Gasteiger partial charge in [0.05, 0.1) is 11.7 Å². The van der Waals surface area contributed by atoms with Crippen LogP contribution in [0.5, 0.6) is 0 Å². The fourth-order valence-electron chi connectivity index (χ4n) is 4.02. The monoisotopic (exact) mass is 413 g/mol. The molecule has 4 rings (SSSR count). The van der Waals surface area contributed by atoms with Gasteiger partial charge in [0.25, 0.3) is 5.91 Å². The van der Waals surface area contributed by atoms with Gasteiger partial charge in [-0.05, 0) is 55.6 Å². The first kappa shape index (κ1) is 21.3. The van der Waals surface area contributed by atoms with Crippen LogP contribution in [0.15, 0.2) is 42.5 Å². The van der Waals surface area contributed by atoms with Crippen LogP contribution in [0.1, 0.15) is 40.6 Å². The van der Waals surface area contributed by atoms with Gasteiger partial charge in [0.1, 0.15) is 0 Å². The summed E-state index contributed by atoms with van der Waals surface area (Å²) in [6.07, 6.45) is 2.86. The third-order valence-electron chi connectivity index (χ3n) is 5.73. The number of nitrogens with one attached hydrogen (secondary N) is 1. The summed E-state index contributed by atoms with van der Waals surface area (Å²) in [5.41, 5.74) is 2.60. The number of nitrogens with zero attached hydrogens (tertiary/aromatic N) is 4. The van der Waals surface area contributed by atoms with E-state index in [-0.39, 0.29) is 18.3 Å². The van der Waals surface area contributed by atoms with Crippen molar-refractivity contribution in [2.45, 2.75) is 32.2 Å². The summed E-state index contributed by atoms with van der Waals surface area (Å²) < 4.78 is 1.94. The number of likely N-dealkylation sites (N-methyl/N-ethyl adjacent to an activating group) is 1. The van der Waals surface area contributed by atoms with Crippen molar-refractivity contribution in [2.75, 3.05) is 26.7 Å². The van der Waals surface area contributed by atoms with Crippen molar-refractivity contribution in [2.24, 2.45) is 0 Å². The number of halogens is 1. The Labute approximate surface area is 177 Å². The first-order chi connectivity index (χ1) is 13.6. The predicted octanol–water partition coefficient (Wildman–Crippen LogP) is 3.40. The van der Waals surface area contributed by atoms with Gasteiger partial charge in [-0.2, -0.15) is 0 Å². The molecule has 0 unspecified atom stereocenters. The van der Waals surface area contributed by atoms with Crippen LogP contribution in [0.3, 0.4) is 0 Å². The first-order valence-corrected chi connectivity index (χ1v) is 10.00. The second kappa shape index (κ2) is 9.37. The van der Waals surface area contributed by atoms with Gasteiger partial charge < -0.3 is 10.2 Å². The Balaban J connectivity index is 0.00000240. The van der Waals surface area contributed by atoms with Gasteiger partial charge in [0.15, 0.2) is 5.69 Å². The fourth-order valence-corrected chi connectivity index (χ4v) is 4.02. The van der Waals surface area contributed by atoms with Gasteiger partial charge in [-0.3, -0.25) is 4.79 Å². The number of piperidine rings is 1. The quantitative estimate of drug-likeness (QED) is 0.696. The molecular formula is C22H28ClN5O. The number of carbonyl (C=O) groups is 1. The molecule has 1 aliphatic heterocycles. The highest BCUT2D eigenvalue weighted by molar-refractivity contribution is 5.93. The molecule has 7 heteroatoms. The molecule has 1 fully saturated rings. The highest BCUT2D eigenvalue weighted by Crippen LogP contribution is 2.22. The average Bonchev–Trinajstić information content (AvgIpc) is 3.13. The third kappa shape index (κ3) is 4.43. The number of hydrogen-bond acceptors (Lipinski definition) is 4. The van der Waals surface area contributed by atoms with E-state index in [1.807, 2.05) is 18.7 Å². The van der Waals surface area contributed by atoms with E-state index in [1.165, 1.54) is 16.3 Å². The zero-order valence-corrected chi connectivity index (χ0v) is 17.8. The number of rotatable bonds is 5. The highest BCUT2D eigenvalue weighted by atomic mass is 35.5. The summed E-state index contributed by atoms with van der Waals surface area (Å²) in [5, 5.41) is 14.4. The predicted molar refractivity (Wildman–Crippen MR) is 118 cm³/mol. The maximum Gasteiger partial charge on any atom is 0.276 e. The molecule has 0 spiro atoms. The number of fused-ring (bicyclic) bond motifs is 1. The van der Waals surface area contributed by atoms with Crippen LogP contribution >= 0.6 is 12.4 Å². The van der Waals surface area contributed by atoms with Crippen molar-refractivity contribution in [1.82, 2.24) is 25.2 Å². The lowest BCUT2D eigenvalue weighted by atomic mass is 10.0. The number of carbonyl (C=O) groups excluding carboxylic acids is 1. The number of benzene rings is 2. The van der Waals surface area contributed by atoms with E-state index in [0.29, 0.717) is 18.3 Å². The molecule has 2 heterocycles. The summed E-state index contributed by atoms with van der Waals surface area (Å²) in [6, 6.07) is 15.0. The smallest absolute Gasteiger partial charge is 0.276 e. The Morgan fingerprint density at radius 3 is 2.69 bits per heavy atom. The maximum absolute atomic E-state index is 12.9. The first-order valence-electron chi connectivity index (χ1n) is 10.00. The average molecular weight is 414 g/mol. The van der Waals surface area contributed by atoms with E-state index in [4.69, 9.17) is 0 Å². The Hall–Kier alpha value is -2.44. The Kier molecular flexibility index (Phi) is 6.87. The second-order valence-corrected chi connectivity index (χ2v) is 7.56. The van der Waals surface area contributed by atoms with Crippen molar-refractivity contribution in [3.63, 3.8) is 0 Å². The maximum atomic E-state index is 12.9. The topological polar surface area (TPSA) is 63.1 Å². The lowest BCUT2D eigenvalue weighted by Crippen LogP contribution is -2.31. The van der Waals surface area contributed by atoms with E-state index in [9.17, 15) is 4.79 Å². The van der Waals surface area contributed by atoms with Gasteiger partial charge in [0, 0.05) is 13.6 Å². The zero-order chi connectivity index (χ0) is 19.5. The molecular weight excluding hydrogens is 386 g/mol. The van der Waals surface area contributed by atoms with Crippen molar-refractivity contribution in [1.29, 1.82) is 0 Å². The van der Waals surface area contributed by atoms with Crippen molar-refractivity contribution >= 4 is 29.1 Å². The third-order valence-corrected chi connectivity index (χ3v) is 5.73. The number of amides is 1. The molecule has 0 saturated carbocycles. The SMILES string of the molecule is Cc1c(C(=O)N(C)CCc2cccc3ccccc23)nnn1C1CCNCC1.Cl. The van der Waals surface area contributed by atoms with E-state index < -0.39 is 0 Å². The fraction of sp³-hybridized carbons (Fsp3) is 0.409. The molecule has 1 aromatic heterocycles. The lowest BCUT2D eigenvalue weighted by molar-refractivity contribution is 0.0790. The van der Waals surface area contributed by atoms with Crippen LogP contribution in [0.25, 0.3) is 10.8 Å². The van der Waals surface area contributed by atoms with Gasteiger partial charge in [0.2, 0.25) is 0 Å². The molecule has 0 radical (unpaired) electrons. The molecule has 6 nitrogen and oxygen atoms in total. The minimum Gasteiger partial charge on any atom is -0.340 e. The molecule has 1 N–H and O–H groups in total. The second-order valence-electron chi connectivity index (χ2n) is 7.56. The molecule has 1 aliphatic rings. The zero-order valence-electron chi connectivity index (χ0n) is 17.0. The molecule has 0 aliphatic carbocycles. The largest absolute Gasteiger partial charge is 0.340 e. The van der Waals surface area contributed by atoms with Crippen molar-refractivity contribution < 1.29 is 4.79 Å². The normalized spacial score (nSPS) is 14.6. The molecule has 154 valence electrons.